The Morgan fingerprint density at radius 2 is 2.12 bits per heavy atom. The molecule has 0 radical (unpaired) electrons. The number of aryl methyl sites for hydroxylation is 1. The zero-order valence-corrected chi connectivity index (χ0v) is 10.9. The number of thiophene rings is 1. The van der Waals surface area contributed by atoms with Crippen molar-refractivity contribution in [2.24, 2.45) is 0 Å². The SMILES string of the molecule is CCCCCc1sc2c(O)cccc2c1Cl. The number of phenolic OH excluding ortho intramolecular Hbond substituents is 1. The molecule has 0 spiro atoms. The lowest BCUT2D eigenvalue weighted by atomic mass is 10.1. The minimum atomic E-state index is 0.339. The second-order valence-corrected chi connectivity index (χ2v) is 5.43. The molecule has 86 valence electrons. The van der Waals surface area contributed by atoms with Crippen LogP contribution in [0.2, 0.25) is 5.02 Å². The van der Waals surface area contributed by atoms with Crippen LogP contribution in [-0.2, 0) is 6.42 Å². The third kappa shape index (κ3) is 2.18. The fourth-order valence-corrected chi connectivity index (χ4v) is 3.39. The molecule has 1 aromatic heterocycles. The molecule has 0 atom stereocenters. The molecule has 0 amide bonds. The van der Waals surface area contributed by atoms with Crippen molar-refractivity contribution in [3.05, 3.63) is 28.1 Å². The molecule has 0 fully saturated rings. The monoisotopic (exact) mass is 254 g/mol. The lowest BCUT2D eigenvalue weighted by molar-refractivity contribution is 0.482. The van der Waals surface area contributed by atoms with E-state index in [0.717, 1.165) is 21.5 Å². The molecule has 0 aliphatic heterocycles. The van der Waals surface area contributed by atoms with E-state index in [9.17, 15) is 5.11 Å². The van der Waals surface area contributed by atoms with Crippen molar-refractivity contribution in [1.82, 2.24) is 0 Å². The highest BCUT2D eigenvalue weighted by atomic mass is 35.5. The first-order valence-electron chi connectivity index (χ1n) is 5.63. The van der Waals surface area contributed by atoms with Crippen LogP contribution < -0.4 is 0 Å². The summed E-state index contributed by atoms with van der Waals surface area (Å²) in [7, 11) is 0. The fraction of sp³-hybridized carbons (Fsp3) is 0.385. The quantitative estimate of drug-likeness (QED) is 0.762. The van der Waals surface area contributed by atoms with Gasteiger partial charge in [0.15, 0.2) is 0 Å². The van der Waals surface area contributed by atoms with Crippen molar-refractivity contribution < 1.29 is 5.11 Å². The minimum absolute atomic E-state index is 0.339. The maximum atomic E-state index is 9.73. The molecule has 16 heavy (non-hydrogen) atoms. The first-order valence-corrected chi connectivity index (χ1v) is 6.82. The van der Waals surface area contributed by atoms with E-state index in [1.807, 2.05) is 12.1 Å². The number of phenols is 1. The molecule has 0 aliphatic carbocycles. The molecule has 0 unspecified atom stereocenters. The summed E-state index contributed by atoms with van der Waals surface area (Å²) in [5.41, 5.74) is 0. The normalized spacial score (nSPS) is 11.1. The van der Waals surface area contributed by atoms with Crippen LogP contribution in [0.1, 0.15) is 31.1 Å². The molecule has 3 heteroatoms. The molecule has 1 N–H and O–H groups in total. The summed E-state index contributed by atoms with van der Waals surface area (Å²) in [4.78, 5) is 1.20. The molecular formula is C13H15ClOS. The Morgan fingerprint density at radius 1 is 1.31 bits per heavy atom. The Balaban J connectivity index is 2.33. The smallest absolute Gasteiger partial charge is 0.133 e. The van der Waals surface area contributed by atoms with Gasteiger partial charge in [-0.3, -0.25) is 0 Å². The first-order chi connectivity index (χ1) is 7.74. The van der Waals surface area contributed by atoms with Gasteiger partial charge in [0.25, 0.3) is 0 Å². The summed E-state index contributed by atoms with van der Waals surface area (Å²) >= 11 is 7.93. The zero-order chi connectivity index (χ0) is 11.5. The summed E-state index contributed by atoms with van der Waals surface area (Å²) < 4.78 is 0.916. The van der Waals surface area contributed by atoms with Crippen LogP contribution in [0, 0.1) is 0 Å². The number of hydrogen-bond acceptors (Lipinski definition) is 2. The van der Waals surface area contributed by atoms with E-state index < -0.39 is 0 Å². The predicted octanol–water partition coefficient (Wildman–Crippen LogP) is 4.99. The van der Waals surface area contributed by atoms with Gasteiger partial charge in [0.2, 0.25) is 0 Å². The van der Waals surface area contributed by atoms with E-state index in [1.165, 1.54) is 24.1 Å². The van der Waals surface area contributed by atoms with Crippen molar-refractivity contribution in [2.75, 3.05) is 0 Å². The molecule has 0 saturated heterocycles. The zero-order valence-electron chi connectivity index (χ0n) is 9.29. The summed E-state index contributed by atoms with van der Waals surface area (Å²) in [6.07, 6.45) is 4.64. The lowest BCUT2D eigenvalue weighted by Crippen LogP contribution is -1.80. The number of rotatable bonds is 4. The van der Waals surface area contributed by atoms with Gasteiger partial charge >= 0.3 is 0 Å². The van der Waals surface area contributed by atoms with Crippen LogP contribution in [0.15, 0.2) is 18.2 Å². The molecule has 2 rings (SSSR count). The van der Waals surface area contributed by atoms with Crippen LogP contribution in [-0.4, -0.2) is 5.11 Å². The van der Waals surface area contributed by atoms with E-state index >= 15 is 0 Å². The summed E-state index contributed by atoms with van der Waals surface area (Å²) in [6, 6.07) is 5.52. The Hall–Kier alpha value is -0.730. The highest BCUT2D eigenvalue weighted by Gasteiger charge is 2.11. The third-order valence-electron chi connectivity index (χ3n) is 2.71. The lowest BCUT2D eigenvalue weighted by Gasteiger charge is -1.96. The Kier molecular flexibility index (Phi) is 3.72. The Morgan fingerprint density at radius 3 is 2.81 bits per heavy atom. The largest absolute Gasteiger partial charge is 0.506 e. The van der Waals surface area contributed by atoms with Gasteiger partial charge in [-0.05, 0) is 18.9 Å². The predicted molar refractivity (Wildman–Crippen MR) is 71.7 cm³/mol. The van der Waals surface area contributed by atoms with Gasteiger partial charge in [-0.15, -0.1) is 11.3 Å². The molecule has 0 bridgehead atoms. The number of benzene rings is 1. The maximum absolute atomic E-state index is 9.73. The van der Waals surface area contributed by atoms with Gasteiger partial charge in [-0.25, -0.2) is 0 Å². The van der Waals surface area contributed by atoms with Gasteiger partial charge in [0, 0.05) is 10.3 Å². The summed E-state index contributed by atoms with van der Waals surface area (Å²) in [6.45, 7) is 2.19. The molecule has 1 aromatic carbocycles. The van der Waals surface area contributed by atoms with Crippen molar-refractivity contribution in [3.63, 3.8) is 0 Å². The van der Waals surface area contributed by atoms with Crippen molar-refractivity contribution in [1.29, 1.82) is 0 Å². The van der Waals surface area contributed by atoms with Gasteiger partial charge in [0.1, 0.15) is 5.75 Å². The van der Waals surface area contributed by atoms with Gasteiger partial charge in [0.05, 0.1) is 9.72 Å². The van der Waals surface area contributed by atoms with Crippen LogP contribution in [0.25, 0.3) is 10.1 Å². The Labute approximate surface area is 105 Å². The average molecular weight is 255 g/mol. The Bertz CT molecular complexity index is 490. The number of fused-ring (bicyclic) bond motifs is 1. The van der Waals surface area contributed by atoms with E-state index in [-0.39, 0.29) is 0 Å². The molecular weight excluding hydrogens is 240 g/mol. The second-order valence-electron chi connectivity index (χ2n) is 3.95. The maximum Gasteiger partial charge on any atom is 0.133 e. The third-order valence-corrected chi connectivity index (χ3v) is 4.54. The molecule has 0 aliphatic rings. The number of hydrogen-bond donors (Lipinski definition) is 1. The van der Waals surface area contributed by atoms with Crippen molar-refractivity contribution >= 4 is 33.0 Å². The molecule has 2 aromatic rings. The average Bonchev–Trinajstić information content (AvgIpc) is 2.59. The number of halogens is 1. The number of unbranched alkanes of at least 4 members (excludes halogenated alkanes) is 2. The molecule has 1 heterocycles. The molecule has 0 saturated carbocycles. The van der Waals surface area contributed by atoms with E-state index in [4.69, 9.17) is 11.6 Å². The van der Waals surface area contributed by atoms with E-state index in [1.54, 1.807) is 17.4 Å². The highest BCUT2D eigenvalue weighted by Crippen LogP contribution is 2.40. The fourth-order valence-electron chi connectivity index (χ4n) is 1.82. The van der Waals surface area contributed by atoms with Crippen LogP contribution in [0.5, 0.6) is 5.75 Å². The minimum Gasteiger partial charge on any atom is -0.506 e. The molecule has 1 nitrogen and oxygen atoms in total. The van der Waals surface area contributed by atoms with Crippen LogP contribution in [0.3, 0.4) is 0 Å². The van der Waals surface area contributed by atoms with Gasteiger partial charge in [-0.1, -0.05) is 43.5 Å². The van der Waals surface area contributed by atoms with E-state index in [0.29, 0.717) is 5.75 Å². The van der Waals surface area contributed by atoms with Gasteiger partial charge in [-0.2, -0.15) is 0 Å². The van der Waals surface area contributed by atoms with Gasteiger partial charge < -0.3 is 5.11 Å². The van der Waals surface area contributed by atoms with Crippen LogP contribution in [0.4, 0.5) is 0 Å². The summed E-state index contributed by atoms with van der Waals surface area (Å²) in [5.74, 6) is 0.339. The standard InChI is InChI=1S/C13H15ClOS/c1-2-3-4-8-11-12(14)9-6-5-7-10(15)13(9)16-11/h5-7,15H,2-4,8H2,1H3. The van der Waals surface area contributed by atoms with Crippen molar-refractivity contribution in [3.8, 4) is 5.75 Å². The summed E-state index contributed by atoms with van der Waals surface area (Å²) in [5, 5.41) is 11.5. The second kappa shape index (κ2) is 5.07. The number of aromatic hydroxyl groups is 1. The highest BCUT2D eigenvalue weighted by molar-refractivity contribution is 7.20. The van der Waals surface area contributed by atoms with E-state index in [2.05, 4.69) is 6.92 Å². The van der Waals surface area contributed by atoms with Crippen molar-refractivity contribution in [2.45, 2.75) is 32.6 Å². The topological polar surface area (TPSA) is 20.2 Å². The van der Waals surface area contributed by atoms with Crippen LogP contribution >= 0.6 is 22.9 Å². The first kappa shape index (κ1) is 11.7.